The van der Waals surface area contributed by atoms with Gasteiger partial charge in [0.05, 0.1) is 0 Å². The molecule has 0 bridgehead atoms. The van der Waals surface area contributed by atoms with Gasteiger partial charge in [-0.2, -0.15) is 6.08 Å². The normalized spacial score (nSPS) is 9.81. The summed E-state index contributed by atoms with van der Waals surface area (Å²) in [4.78, 5) is 0. The van der Waals surface area contributed by atoms with Crippen LogP contribution in [0.3, 0.4) is 0 Å². The zero-order valence-corrected chi connectivity index (χ0v) is 11.0. The molecule has 2 nitrogen and oxygen atoms in total. The number of nitrogens with zero attached hydrogens (tertiary/aromatic N) is 1. The molecule has 0 aliphatic carbocycles. The van der Waals surface area contributed by atoms with Crippen LogP contribution >= 0.6 is 11.8 Å². The molecule has 0 saturated carbocycles. The van der Waals surface area contributed by atoms with Crippen LogP contribution in [0.4, 0.5) is 0 Å². The summed E-state index contributed by atoms with van der Waals surface area (Å²) in [6.45, 7) is 0. The van der Waals surface area contributed by atoms with E-state index in [-0.39, 0.29) is 24.5 Å². The Hall–Kier alpha value is -0.831. The van der Waals surface area contributed by atoms with Crippen LogP contribution in [0.2, 0.25) is 0 Å². The van der Waals surface area contributed by atoms with Crippen molar-refractivity contribution in [1.82, 2.24) is 5.16 Å². The summed E-state index contributed by atoms with van der Waals surface area (Å²) in [5.41, 5.74) is 1.89. The van der Waals surface area contributed by atoms with Gasteiger partial charge in [0, 0.05) is 6.07 Å². The SMILES string of the molecule is CSc1cc(/C=C/c2[c-]cc[cH-]2)[n-][o+]1.[CH3-].[Fe+3]. The van der Waals surface area contributed by atoms with Gasteiger partial charge in [-0.3, -0.25) is 33.4 Å². The Morgan fingerprint density at radius 3 is 2.88 bits per heavy atom. The van der Waals surface area contributed by atoms with E-state index in [9.17, 15) is 0 Å². The van der Waals surface area contributed by atoms with Gasteiger partial charge in [0.15, 0.2) is 0 Å². The number of rotatable bonds is 3. The minimum absolute atomic E-state index is 0. The van der Waals surface area contributed by atoms with Crippen LogP contribution in [0, 0.1) is 13.5 Å². The van der Waals surface area contributed by atoms with Gasteiger partial charge in [-0.05, 0) is 18.0 Å². The fourth-order valence-corrected chi connectivity index (χ4v) is 1.42. The third-order valence-corrected chi connectivity index (χ3v) is 2.36. The summed E-state index contributed by atoms with van der Waals surface area (Å²) < 4.78 is 5.04. The van der Waals surface area contributed by atoms with E-state index in [4.69, 9.17) is 4.52 Å². The molecule has 0 aliphatic heterocycles. The summed E-state index contributed by atoms with van der Waals surface area (Å²) in [6.07, 6.45) is 5.83. The Morgan fingerprint density at radius 2 is 2.31 bits per heavy atom. The molecule has 0 saturated heterocycles. The second-order valence-corrected chi connectivity index (χ2v) is 3.54. The molecule has 0 spiro atoms. The van der Waals surface area contributed by atoms with E-state index in [1.54, 1.807) is 11.8 Å². The van der Waals surface area contributed by atoms with Crippen molar-refractivity contribution in [3.05, 3.63) is 49.0 Å². The van der Waals surface area contributed by atoms with Crippen molar-refractivity contribution in [3.63, 3.8) is 0 Å². The van der Waals surface area contributed by atoms with Gasteiger partial charge in [-0.25, -0.2) is 6.08 Å². The molecule has 85 valence electrons. The van der Waals surface area contributed by atoms with Crippen LogP contribution in [0.1, 0.15) is 11.3 Å². The maximum absolute atomic E-state index is 5.04. The first-order chi connectivity index (χ1) is 6.88. The van der Waals surface area contributed by atoms with E-state index in [1.807, 2.05) is 42.7 Å². The van der Waals surface area contributed by atoms with Crippen LogP contribution in [-0.4, -0.2) is 6.26 Å². The number of thioether (sulfide) groups is 1. The quantitative estimate of drug-likeness (QED) is 0.371. The monoisotopic (exact) mass is 274 g/mol. The van der Waals surface area contributed by atoms with Gasteiger partial charge in [-0.1, -0.05) is 5.69 Å². The molecule has 4 heteroatoms. The first-order valence-corrected chi connectivity index (χ1v) is 5.43. The molecule has 16 heavy (non-hydrogen) atoms. The second-order valence-electron chi connectivity index (χ2n) is 2.73. The molecule has 0 unspecified atom stereocenters. The molecular formula is C12H12FeNOS. The van der Waals surface area contributed by atoms with E-state index in [1.165, 1.54) is 0 Å². The van der Waals surface area contributed by atoms with Gasteiger partial charge in [-0.15, -0.1) is 0 Å². The van der Waals surface area contributed by atoms with Crippen molar-refractivity contribution in [2.75, 3.05) is 6.26 Å². The van der Waals surface area contributed by atoms with Gasteiger partial charge in [0.25, 0.3) is 0 Å². The molecule has 1 radical (unpaired) electrons. The predicted molar refractivity (Wildman–Crippen MR) is 64.4 cm³/mol. The van der Waals surface area contributed by atoms with Crippen molar-refractivity contribution < 1.29 is 21.6 Å². The maximum atomic E-state index is 5.04. The summed E-state index contributed by atoms with van der Waals surface area (Å²) >= 11 is 1.54. The molecule has 2 rings (SSSR count). The Kier molecular flexibility index (Phi) is 7.06. The van der Waals surface area contributed by atoms with E-state index < -0.39 is 0 Å². The van der Waals surface area contributed by atoms with Gasteiger partial charge >= 0.3 is 22.2 Å². The molecule has 1 aromatic carbocycles. The van der Waals surface area contributed by atoms with Crippen LogP contribution in [0.5, 0.6) is 0 Å². The summed E-state index contributed by atoms with van der Waals surface area (Å²) in [6, 6.07) is 10.8. The molecule has 1 heterocycles. The molecule has 1 aromatic heterocycles. The number of aromatic nitrogens is 1. The maximum Gasteiger partial charge on any atom is 3.00 e. The molecular weight excluding hydrogens is 262 g/mol. The predicted octanol–water partition coefficient (Wildman–Crippen LogP) is 3.38. The van der Waals surface area contributed by atoms with Crippen LogP contribution < -0.4 is 5.16 Å². The smallest absolute Gasteiger partial charge is 0.358 e. The van der Waals surface area contributed by atoms with E-state index in [0.29, 0.717) is 0 Å². The van der Waals surface area contributed by atoms with Crippen molar-refractivity contribution in [2.45, 2.75) is 5.09 Å². The molecule has 0 atom stereocenters. The standard InChI is InChI=1S/C11H9NOS.CH3.Fe/c1-14-11-8-10(12-13-11)7-6-9-4-2-3-5-9;;/h2-4,6-8H,1H3;1H3;/q-2;-1;+3/b7-6+;;. The average Bonchev–Trinajstić information content (AvgIpc) is 2.86. The minimum atomic E-state index is 0. The van der Waals surface area contributed by atoms with Crippen LogP contribution in [-0.2, 0) is 17.1 Å². The van der Waals surface area contributed by atoms with E-state index in [0.717, 1.165) is 16.3 Å². The fourth-order valence-electron chi connectivity index (χ4n) is 1.07. The zero-order chi connectivity index (χ0) is 9.80. The molecule has 0 aliphatic rings. The van der Waals surface area contributed by atoms with Crippen LogP contribution in [0.15, 0.2) is 33.9 Å². The van der Waals surface area contributed by atoms with Gasteiger partial charge in [0.2, 0.25) is 0 Å². The topological polar surface area (TPSA) is 25.4 Å². The summed E-state index contributed by atoms with van der Waals surface area (Å²) in [5.74, 6) is 0. The first-order valence-electron chi connectivity index (χ1n) is 4.20. The van der Waals surface area contributed by atoms with Crippen molar-refractivity contribution >= 4 is 23.9 Å². The molecule has 0 N–H and O–H groups in total. The Balaban J connectivity index is 0.00000112. The van der Waals surface area contributed by atoms with Crippen LogP contribution in [0.25, 0.3) is 12.2 Å². The minimum Gasteiger partial charge on any atom is -0.358 e. The Labute approximate surface area is 111 Å². The van der Waals surface area contributed by atoms with Crippen molar-refractivity contribution in [1.29, 1.82) is 0 Å². The zero-order valence-electron chi connectivity index (χ0n) is 9.08. The fraction of sp³-hybridized carbons (Fsp3) is 0.0833. The summed E-state index contributed by atoms with van der Waals surface area (Å²) in [7, 11) is 0. The third kappa shape index (κ3) is 3.97. The van der Waals surface area contributed by atoms with E-state index in [2.05, 4.69) is 11.2 Å². The summed E-state index contributed by atoms with van der Waals surface area (Å²) in [5, 5.41) is 4.72. The van der Waals surface area contributed by atoms with Crippen molar-refractivity contribution in [2.24, 2.45) is 0 Å². The third-order valence-electron chi connectivity index (χ3n) is 1.76. The van der Waals surface area contributed by atoms with E-state index >= 15 is 0 Å². The van der Waals surface area contributed by atoms with Gasteiger partial charge < -0.3 is 13.5 Å². The number of hydrogen-bond acceptors (Lipinski definition) is 1. The number of hydrogen-bond donors (Lipinski definition) is 0. The largest absolute Gasteiger partial charge is 3.00 e. The average molecular weight is 274 g/mol. The Bertz CT molecular complexity index is 420. The molecule has 0 amide bonds. The van der Waals surface area contributed by atoms with Gasteiger partial charge in [0.1, 0.15) is 0 Å². The van der Waals surface area contributed by atoms with Crippen molar-refractivity contribution in [3.8, 4) is 0 Å². The molecule has 2 aromatic rings. The first kappa shape index (κ1) is 15.2. The Morgan fingerprint density at radius 1 is 1.50 bits per heavy atom. The second kappa shape index (κ2) is 7.44. The molecule has 0 fully saturated rings.